The van der Waals surface area contributed by atoms with E-state index < -0.39 is 0 Å². The van der Waals surface area contributed by atoms with Crippen LogP contribution in [0.3, 0.4) is 0 Å². The van der Waals surface area contributed by atoms with Crippen molar-refractivity contribution in [1.82, 2.24) is 4.98 Å². The van der Waals surface area contributed by atoms with Gasteiger partial charge < -0.3 is 0 Å². The van der Waals surface area contributed by atoms with Gasteiger partial charge in [-0.1, -0.05) is 36.4 Å². The first kappa shape index (κ1) is 12.0. The maximum absolute atomic E-state index is 4.53. The lowest BCUT2D eigenvalue weighted by atomic mass is 10.1. The van der Waals surface area contributed by atoms with Gasteiger partial charge in [0.1, 0.15) is 0 Å². The first-order valence-electron chi connectivity index (χ1n) is 7.06. The monoisotopic (exact) mass is 270 g/mol. The van der Waals surface area contributed by atoms with Gasteiger partial charge in [-0.25, -0.2) is 0 Å². The van der Waals surface area contributed by atoms with Crippen LogP contribution in [-0.2, 0) is 6.42 Å². The van der Waals surface area contributed by atoms with Crippen molar-refractivity contribution in [2.45, 2.75) is 6.42 Å². The molecule has 1 aromatic heterocycles. The molecule has 0 aliphatic heterocycles. The van der Waals surface area contributed by atoms with Crippen LogP contribution in [0.25, 0.3) is 11.1 Å². The Hall–Kier alpha value is -2.74. The summed E-state index contributed by atoms with van der Waals surface area (Å²) in [6.45, 7) is 0. The molecular weight excluding hydrogens is 256 g/mol. The van der Waals surface area contributed by atoms with E-state index in [2.05, 4.69) is 52.4 Å². The number of nitrogens with zero attached hydrogens (tertiary/aromatic N) is 2. The zero-order chi connectivity index (χ0) is 14.1. The number of pyridine rings is 1. The lowest BCUT2D eigenvalue weighted by Gasteiger charge is -2.01. The number of hydrogen-bond donors (Lipinski definition) is 0. The van der Waals surface area contributed by atoms with Crippen molar-refractivity contribution >= 4 is 11.9 Å². The van der Waals surface area contributed by atoms with Gasteiger partial charge in [0.05, 0.1) is 17.6 Å². The lowest BCUT2D eigenvalue weighted by Crippen LogP contribution is -1.84. The Morgan fingerprint density at radius 3 is 2.62 bits per heavy atom. The van der Waals surface area contributed by atoms with Gasteiger partial charge in [0.15, 0.2) is 0 Å². The van der Waals surface area contributed by atoms with Crippen LogP contribution in [0.5, 0.6) is 0 Å². The van der Waals surface area contributed by atoms with Gasteiger partial charge in [0, 0.05) is 6.20 Å². The second-order valence-corrected chi connectivity index (χ2v) is 5.19. The molecule has 1 heterocycles. The van der Waals surface area contributed by atoms with Gasteiger partial charge in [-0.15, -0.1) is 0 Å². The van der Waals surface area contributed by atoms with Crippen molar-refractivity contribution in [2.75, 3.05) is 0 Å². The highest BCUT2D eigenvalue weighted by Gasteiger charge is 2.17. The molecule has 0 unspecified atom stereocenters. The van der Waals surface area contributed by atoms with Crippen LogP contribution >= 0.6 is 0 Å². The van der Waals surface area contributed by atoms with Gasteiger partial charge in [-0.2, -0.15) is 0 Å². The summed E-state index contributed by atoms with van der Waals surface area (Å²) in [7, 11) is 0. The minimum Gasteiger partial charge on any atom is -0.255 e. The van der Waals surface area contributed by atoms with Crippen molar-refractivity contribution in [3.63, 3.8) is 0 Å². The molecule has 1 aliphatic rings. The van der Waals surface area contributed by atoms with Crippen LogP contribution in [0.1, 0.15) is 16.8 Å². The van der Waals surface area contributed by atoms with Crippen molar-refractivity contribution < 1.29 is 0 Å². The van der Waals surface area contributed by atoms with Crippen LogP contribution in [-0.4, -0.2) is 11.2 Å². The van der Waals surface area contributed by atoms with Gasteiger partial charge >= 0.3 is 0 Å². The lowest BCUT2D eigenvalue weighted by molar-refractivity contribution is 1.26. The van der Waals surface area contributed by atoms with Crippen LogP contribution in [0.2, 0.25) is 0 Å². The minimum atomic E-state index is 0.876. The minimum absolute atomic E-state index is 0.876. The number of rotatable bonds is 2. The van der Waals surface area contributed by atoms with Crippen molar-refractivity contribution in [3.8, 4) is 11.1 Å². The molecule has 0 radical (unpaired) electrons. The summed E-state index contributed by atoms with van der Waals surface area (Å²) in [4.78, 5) is 8.78. The predicted molar refractivity (Wildman–Crippen MR) is 86.2 cm³/mol. The van der Waals surface area contributed by atoms with Crippen molar-refractivity contribution in [3.05, 3.63) is 83.7 Å². The molecule has 0 spiro atoms. The van der Waals surface area contributed by atoms with Gasteiger partial charge in [-0.05, 0) is 52.9 Å². The molecule has 0 fully saturated rings. The molecule has 3 aromatic rings. The number of fused-ring (bicyclic) bond motifs is 3. The van der Waals surface area contributed by atoms with E-state index in [0.717, 1.165) is 17.8 Å². The van der Waals surface area contributed by atoms with Gasteiger partial charge in [-0.3, -0.25) is 9.98 Å². The zero-order valence-electron chi connectivity index (χ0n) is 11.5. The first-order valence-corrected chi connectivity index (χ1v) is 7.06. The van der Waals surface area contributed by atoms with E-state index in [1.54, 1.807) is 6.20 Å². The van der Waals surface area contributed by atoms with E-state index in [9.17, 15) is 0 Å². The van der Waals surface area contributed by atoms with E-state index >= 15 is 0 Å². The van der Waals surface area contributed by atoms with E-state index in [4.69, 9.17) is 0 Å². The highest BCUT2D eigenvalue weighted by Crippen LogP contribution is 2.37. The Balaban J connectivity index is 1.66. The molecule has 100 valence electrons. The standard InChI is InChI=1S/C19H14N2/c1-2-7-18-14(5-1)11-15-12-16(8-9-19(15)18)21-13-17-6-3-4-10-20-17/h1-10,12-13H,11H2/b21-13+. The smallest absolute Gasteiger partial charge is 0.0812 e. The summed E-state index contributed by atoms with van der Waals surface area (Å²) in [6, 6.07) is 20.8. The van der Waals surface area contributed by atoms with E-state index in [-0.39, 0.29) is 0 Å². The Kier molecular flexibility index (Phi) is 2.86. The fraction of sp³-hybridized carbons (Fsp3) is 0.0526. The van der Waals surface area contributed by atoms with Crippen molar-refractivity contribution in [2.24, 2.45) is 4.99 Å². The quantitative estimate of drug-likeness (QED) is 0.495. The van der Waals surface area contributed by atoms with Gasteiger partial charge in [0.2, 0.25) is 0 Å². The fourth-order valence-electron chi connectivity index (χ4n) is 2.80. The summed E-state index contributed by atoms with van der Waals surface area (Å²) in [5, 5.41) is 0. The molecule has 0 amide bonds. The molecule has 0 N–H and O–H groups in total. The molecule has 0 bridgehead atoms. The maximum Gasteiger partial charge on any atom is 0.0812 e. The summed E-state index contributed by atoms with van der Waals surface area (Å²) in [5.41, 5.74) is 7.30. The Bertz CT molecular complexity index is 820. The zero-order valence-corrected chi connectivity index (χ0v) is 11.5. The topological polar surface area (TPSA) is 25.2 Å². The molecule has 2 aromatic carbocycles. The SMILES string of the molecule is C(=N\c1ccc2c(c1)Cc1ccccc1-2)/c1ccccn1. The number of aromatic nitrogens is 1. The Labute approximate surface area is 123 Å². The first-order chi connectivity index (χ1) is 10.4. The molecule has 0 saturated carbocycles. The predicted octanol–water partition coefficient (Wildman–Crippen LogP) is 4.40. The third kappa shape index (κ3) is 2.25. The Morgan fingerprint density at radius 1 is 0.857 bits per heavy atom. The molecule has 21 heavy (non-hydrogen) atoms. The fourth-order valence-corrected chi connectivity index (χ4v) is 2.80. The molecule has 1 aliphatic carbocycles. The summed E-state index contributed by atoms with van der Waals surface area (Å²) in [6.07, 6.45) is 4.59. The molecule has 2 nitrogen and oxygen atoms in total. The molecule has 0 atom stereocenters. The molecular formula is C19H14N2. The van der Waals surface area contributed by atoms with Crippen LogP contribution in [0.4, 0.5) is 5.69 Å². The number of hydrogen-bond acceptors (Lipinski definition) is 2. The molecule has 0 saturated heterocycles. The molecule has 2 heteroatoms. The maximum atomic E-state index is 4.53. The average Bonchev–Trinajstić information content (AvgIpc) is 2.91. The third-order valence-electron chi connectivity index (χ3n) is 3.81. The van der Waals surface area contributed by atoms with Crippen LogP contribution in [0, 0.1) is 0 Å². The van der Waals surface area contributed by atoms with Gasteiger partial charge in [0.25, 0.3) is 0 Å². The van der Waals surface area contributed by atoms with E-state index in [1.807, 2.05) is 24.4 Å². The normalized spacial score (nSPS) is 12.4. The van der Waals surface area contributed by atoms with Crippen LogP contribution < -0.4 is 0 Å². The summed E-state index contributed by atoms with van der Waals surface area (Å²) >= 11 is 0. The third-order valence-corrected chi connectivity index (χ3v) is 3.81. The highest BCUT2D eigenvalue weighted by molar-refractivity contribution is 5.82. The highest BCUT2D eigenvalue weighted by atomic mass is 14.8. The second kappa shape index (κ2) is 4.98. The Morgan fingerprint density at radius 2 is 1.71 bits per heavy atom. The summed E-state index contributed by atoms with van der Waals surface area (Å²) in [5.74, 6) is 0. The average molecular weight is 270 g/mol. The van der Waals surface area contributed by atoms with E-state index in [0.29, 0.717) is 0 Å². The second-order valence-electron chi connectivity index (χ2n) is 5.19. The number of aliphatic imine (C=N–C) groups is 1. The summed E-state index contributed by atoms with van der Waals surface area (Å²) < 4.78 is 0. The molecule has 4 rings (SSSR count). The van der Waals surface area contributed by atoms with E-state index in [1.165, 1.54) is 22.3 Å². The number of benzene rings is 2. The van der Waals surface area contributed by atoms with Crippen molar-refractivity contribution in [1.29, 1.82) is 0 Å². The largest absolute Gasteiger partial charge is 0.255 e. The van der Waals surface area contributed by atoms with Crippen LogP contribution in [0.15, 0.2) is 71.9 Å².